The topological polar surface area (TPSA) is 73.9 Å². The molecule has 3 aromatic rings. The Morgan fingerprint density at radius 3 is 2.17 bits per heavy atom. The lowest BCUT2D eigenvalue weighted by Crippen LogP contribution is -2.48. The number of nitrogens with zero attached hydrogens (tertiary/aromatic N) is 2. The molecule has 0 radical (unpaired) electrons. The number of benzene rings is 3. The zero-order chi connectivity index (χ0) is 24.8. The number of anilines is 2. The van der Waals surface area contributed by atoms with Gasteiger partial charge in [-0.1, -0.05) is 18.2 Å². The number of ether oxygens (including phenoxy) is 1. The van der Waals surface area contributed by atoms with E-state index in [-0.39, 0.29) is 16.9 Å². The first-order valence-corrected chi connectivity index (χ1v) is 11.8. The van der Waals surface area contributed by atoms with Crippen LogP contribution in [0.1, 0.15) is 26.3 Å². The van der Waals surface area contributed by atoms with Crippen molar-refractivity contribution in [2.24, 2.45) is 0 Å². The van der Waals surface area contributed by atoms with Crippen LogP contribution in [-0.2, 0) is 0 Å². The summed E-state index contributed by atoms with van der Waals surface area (Å²) in [5, 5.41) is 5.95. The van der Waals surface area contributed by atoms with Crippen LogP contribution in [0.3, 0.4) is 0 Å². The van der Waals surface area contributed by atoms with Crippen molar-refractivity contribution in [2.75, 3.05) is 43.5 Å². The molecule has 0 aliphatic carbocycles. The van der Waals surface area contributed by atoms with Crippen molar-refractivity contribution in [3.05, 3.63) is 89.5 Å². The molecule has 4 rings (SSSR count). The lowest BCUT2D eigenvalue weighted by Gasteiger charge is -2.36. The summed E-state index contributed by atoms with van der Waals surface area (Å²) in [6.07, 6.45) is 0. The molecule has 3 aromatic carbocycles. The summed E-state index contributed by atoms with van der Waals surface area (Å²) in [5.74, 6) is 0.481. The molecule has 0 spiro atoms. The number of carbonyl (C=O) groups is 2. The summed E-state index contributed by atoms with van der Waals surface area (Å²) in [4.78, 5) is 29.4. The minimum atomic E-state index is -0.292. The van der Waals surface area contributed by atoms with E-state index in [2.05, 4.69) is 15.5 Å². The van der Waals surface area contributed by atoms with E-state index in [0.29, 0.717) is 24.4 Å². The average Bonchev–Trinajstić information content (AvgIpc) is 2.89. The first-order chi connectivity index (χ1) is 16.9. The van der Waals surface area contributed by atoms with Gasteiger partial charge < -0.3 is 19.9 Å². The van der Waals surface area contributed by atoms with Crippen molar-refractivity contribution < 1.29 is 14.3 Å². The molecule has 1 fully saturated rings. The molecule has 35 heavy (non-hydrogen) atoms. The van der Waals surface area contributed by atoms with Crippen LogP contribution in [0.2, 0.25) is 0 Å². The second-order valence-electron chi connectivity index (χ2n) is 8.28. The Labute approximate surface area is 210 Å². The largest absolute Gasteiger partial charge is 0.497 e. The number of aryl methyl sites for hydroxylation is 1. The SMILES string of the molecule is COc1ccc(C(=O)NC(=S)Nc2ccc(N3CCN(C(=O)c4ccccc4C)CC3)cc2)cc1. The molecule has 2 amide bonds. The Bertz CT molecular complexity index is 1200. The monoisotopic (exact) mass is 488 g/mol. The van der Waals surface area contributed by atoms with Gasteiger partial charge in [0.2, 0.25) is 0 Å². The Morgan fingerprint density at radius 1 is 0.886 bits per heavy atom. The molecule has 0 atom stereocenters. The first-order valence-electron chi connectivity index (χ1n) is 11.4. The highest BCUT2D eigenvalue weighted by atomic mass is 32.1. The second-order valence-corrected chi connectivity index (χ2v) is 8.69. The van der Waals surface area contributed by atoms with E-state index < -0.39 is 0 Å². The molecule has 1 aliphatic rings. The quantitative estimate of drug-likeness (QED) is 0.527. The average molecular weight is 489 g/mol. The van der Waals surface area contributed by atoms with Crippen molar-refractivity contribution in [3.63, 3.8) is 0 Å². The molecule has 1 saturated heterocycles. The molecular weight excluding hydrogens is 460 g/mol. The first kappa shape index (κ1) is 24.2. The van der Waals surface area contributed by atoms with Crippen LogP contribution in [0.25, 0.3) is 0 Å². The fourth-order valence-electron chi connectivity index (χ4n) is 3.99. The van der Waals surface area contributed by atoms with Gasteiger partial charge in [-0.25, -0.2) is 0 Å². The minimum Gasteiger partial charge on any atom is -0.497 e. The summed E-state index contributed by atoms with van der Waals surface area (Å²) in [6, 6.07) is 22.4. The number of carbonyl (C=O) groups excluding carboxylic acids is 2. The molecule has 1 heterocycles. The Balaban J connectivity index is 1.28. The van der Waals surface area contributed by atoms with Gasteiger partial charge in [-0.05, 0) is 79.3 Å². The van der Waals surface area contributed by atoms with E-state index in [9.17, 15) is 9.59 Å². The number of thiocarbonyl (C=S) groups is 1. The van der Waals surface area contributed by atoms with E-state index in [1.165, 1.54) is 0 Å². The maximum absolute atomic E-state index is 12.9. The number of methoxy groups -OCH3 is 1. The van der Waals surface area contributed by atoms with E-state index in [1.54, 1.807) is 31.4 Å². The van der Waals surface area contributed by atoms with Gasteiger partial charge >= 0.3 is 0 Å². The number of nitrogens with one attached hydrogen (secondary N) is 2. The number of piperazine rings is 1. The fraction of sp³-hybridized carbons (Fsp3) is 0.222. The lowest BCUT2D eigenvalue weighted by atomic mass is 10.1. The van der Waals surface area contributed by atoms with Gasteiger partial charge in [-0.2, -0.15) is 0 Å². The van der Waals surface area contributed by atoms with Gasteiger partial charge in [-0.15, -0.1) is 0 Å². The molecule has 1 aliphatic heterocycles. The predicted molar refractivity (Wildman–Crippen MR) is 142 cm³/mol. The summed E-state index contributed by atoms with van der Waals surface area (Å²) in [5.41, 5.74) is 4.12. The van der Waals surface area contributed by atoms with E-state index in [0.717, 1.165) is 35.6 Å². The summed E-state index contributed by atoms with van der Waals surface area (Å²) in [7, 11) is 1.58. The Morgan fingerprint density at radius 2 is 1.54 bits per heavy atom. The zero-order valence-electron chi connectivity index (χ0n) is 19.8. The smallest absolute Gasteiger partial charge is 0.257 e. The molecule has 180 valence electrons. The van der Waals surface area contributed by atoms with Gasteiger partial charge in [0.25, 0.3) is 11.8 Å². The molecule has 8 heteroatoms. The summed E-state index contributed by atoms with van der Waals surface area (Å²) < 4.78 is 5.11. The summed E-state index contributed by atoms with van der Waals surface area (Å²) >= 11 is 5.29. The second kappa shape index (κ2) is 11.0. The third-order valence-corrected chi connectivity index (χ3v) is 6.22. The van der Waals surface area contributed by atoms with Crippen molar-refractivity contribution in [2.45, 2.75) is 6.92 Å². The maximum atomic E-state index is 12.9. The molecule has 0 bridgehead atoms. The van der Waals surface area contributed by atoms with Crippen molar-refractivity contribution in [3.8, 4) is 5.75 Å². The van der Waals surface area contributed by atoms with Crippen molar-refractivity contribution >= 4 is 40.5 Å². The molecule has 0 saturated carbocycles. The molecule has 0 unspecified atom stereocenters. The van der Waals surface area contributed by atoms with Gasteiger partial charge in [0.1, 0.15) is 5.75 Å². The number of hydrogen-bond acceptors (Lipinski definition) is 5. The molecule has 2 N–H and O–H groups in total. The molecule has 7 nitrogen and oxygen atoms in total. The minimum absolute atomic E-state index is 0.0903. The van der Waals surface area contributed by atoms with Crippen LogP contribution in [-0.4, -0.2) is 55.1 Å². The third kappa shape index (κ3) is 5.96. The van der Waals surface area contributed by atoms with Gasteiger partial charge in [-0.3, -0.25) is 14.9 Å². The third-order valence-electron chi connectivity index (χ3n) is 6.01. The van der Waals surface area contributed by atoms with Crippen LogP contribution < -0.4 is 20.3 Å². The van der Waals surface area contributed by atoms with Gasteiger partial charge in [0.15, 0.2) is 5.11 Å². The van der Waals surface area contributed by atoms with Crippen molar-refractivity contribution in [1.82, 2.24) is 10.2 Å². The van der Waals surface area contributed by atoms with E-state index in [4.69, 9.17) is 17.0 Å². The van der Waals surface area contributed by atoms with Crippen LogP contribution in [0.15, 0.2) is 72.8 Å². The normalized spacial score (nSPS) is 13.2. The van der Waals surface area contributed by atoms with Crippen LogP contribution >= 0.6 is 12.2 Å². The standard InChI is InChI=1S/C27H28N4O3S/c1-19-5-3-4-6-24(19)26(33)31-17-15-30(16-18-31)22-11-9-21(10-12-22)28-27(35)29-25(32)20-7-13-23(34-2)14-8-20/h3-14H,15-18H2,1-2H3,(H2,28,29,32,35). The highest BCUT2D eigenvalue weighted by Crippen LogP contribution is 2.21. The van der Waals surface area contributed by atoms with Crippen LogP contribution in [0, 0.1) is 6.92 Å². The lowest BCUT2D eigenvalue weighted by molar-refractivity contribution is 0.0746. The van der Waals surface area contributed by atoms with Gasteiger partial charge in [0, 0.05) is 48.7 Å². The van der Waals surface area contributed by atoms with E-state index in [1.807, 2.05) is 60.4 Å². The Kier molecular flexibility index (Phi) is 7.62. The fourth-order valence-corrected chi connectivity index (χ4v) is 4.20. The number of amides is 2. The molecule has 0 aromatic heterocycles. The van der Waals surface area contributed by atoms with Crippen LogP contribution in [0.5, 0.6) is 5.75 Å². The highest BCUT2D eigenvalue weighted by Gasteiger charge is 2.23. The number of hydrogen-bond donors (Lipinski definition) is 2. The summed E-state index contributed by atoms with van der Waals surface area (Å²) in [6.45, 7) is 4.85. The Hall–Kier alpha value is -3.91. The van der Waals surface area contributed by atoms with Gasteiger partial charge in [0.05, 0.1) is 7.11 Å². The maximum Gasteiger partial charge on any atom is 0.257 e. The zero-order valence-corrected chi connectivity index (χ0v) is 20.6. The predicted octanol–water partition coefficient (Wildman–Crippen LogP) is 4.09. The van der Waals surface area contributed by atoms with E-state index >= 15 is 0 Å². The van der Waals surface area contributed by atoms with Crippen LogP contribution in [0.4, 0.5) is 11.4 Å². The van der Waals surface area contributed by atoms with Crippen molar-refractivity contribution in [1.29, 1.82) is 0 Å². The highest BCUT2D eigenvalue weighted by molar-refractivity contribution is 7.80. The number of rotatable bonds is 5. The molecular formula is C27H28N4O3S.